The predicted molar refractivity (Wildman–Crippen MR) is 126 cm³/mol. The van der Waals surface area contributed by atoms with Crippen LogP contribution in [-0.4, -0.2) is 5.11 Å². The molecule has 0 saturated heterocycles. The summed E-state index contributed by atoms with van der Waals surface area (Å²) in [5.41, 5.74) is 2.88. The van der Waals surface area contributed by atoms with Crippen molar-refractivity contribution in [3.8, 4) is 5.75 Å². The number of fused-ring (bicyclic) bond motifs is 5. The van der Waals surface area contributed by atoms with Crippen molar-refractivity contribution < 1.29 is 5.11 Å². The van der Waals surface area contributed by atoms with Gasteiger partial charge in [0.05, 0.1) is 0 Å². The fourth-order valence-electron chi connectivity index (χ4n) is 4.52. The average Bonchev–Trinajstić information content (AvgIpc) is 3.13. The van der Waals surface area contributed by atoms with Gasteiger partial charge in [0, 0.05) is 26.6 Å². The Morgan fingerprint density at radius 3 is 1.91 bits per heavy atom. The normalized spacial score (nSPS) is 12.3. The van der Waals surface area contributed by atoms with Crippen LogP contribution in [0.25, 0.3) is 32.3 Å². The van der Waals surface area contributed by atoms with Crippen LogP contribution in [0.2, 0.25) is 0 Å². The summed E-state index contributed by atoms with van der Waals surface area (Å²) in [4.78, 5) is 26.7. The summed E-state index contributed by atoms with van der Waals surface area (Å²) in [6, 6.07) is 25.5. The lowest BCUT2D eigenvalue weighted by atomic mass is 10.1. The molecule has 2 aliphatic carbocycles. The molecule has 4 aromatic carbocycles. The fraction of sp³-hybridized carbons (Fsp3) is 0. The van der Waals surface area contributed by atoms with E-state index in [4.69, 9.17) is 0 Å². The van der Waals surface area contributed by atoms with E-state index in [1.807, 2.05) is 54.6 Å². The molecule has 2 aliphatic rings. The number of phenols is 1. The minimum Gasteiger partial charge on any atom is -0.506 e. The highest BCUT2D eigenvalue weighted by Gasteiger charge is 2.15. The Hall–Kier alpha value is -4.51. The topological polar surface area (TPSA) is 78.8 Å². The van der Waals surface area contributed by atoms with Crippen molar-refractivity contribution in [2.45, 2.75) is 0 Å². The second kappa shape index (κ2) is 6.75. The number of benzene rings is 4. The smallest absolute Gasteiger partial charge is 0.215 e. The summed E-state index contributed by atoms with van der Waals surface area (Å²) in [5, 5.41) is 20.1. The van der Waals surface area contributed by atoms with Gasteiger partial charge in [0.2, 0.25) is 5.43 Å². The molecule has 32 heavy (non-hydrogen) atoms. The number of phenolic OH excluding ortho intramolecular Hbond substituents is 1. The quantitative estimate of drug-likeness (QED) is 0.329. The van der Waals surface area contributed by atoms with Crippen molar-refractivity contribution in [3.63, 3.8) is 0 Å². The lowest BCUT2D eigenvalue weighted by Crippen LogP contribution is -2.28. The third kappa shape index (κ3) is 2.48. The second-order valence-corrected chi connectivity index (χ2v) is 7.75. The van der Waals surface area contributed by atoms with Gasteiger partial charge in [0.15, 0.2) is 5.43 Å². The van der Waals surface area contributed by atoms with Crippen LogP contribution in [0.1, 0.15) is 0 Å². The Morgan fingerprint density at radius 2 is 1.16 bits per heavy atom. The number of aromatic hydroxyl groups is 1. The van der Waals surface area contributed by atoms with Crippen molar-refractivity contribution in [2.75, 3.05) is 5.43 Å². The van der Waals surface area contributed by atoms with Gasteiger partial charge < -0.3 is 5.11 Å². The maximum absolute atomic E-state index is 13.6. The van der Waals surface area contributed by atoms with E-state index in [2.05, 4.69) is 10.5 Å². The van der Waals surface area contributed by atoms with E-state index in [1.165, 1.54) is 0 Å². The lowest BCUT2D eigenvalue weighted by molar-refractivity contribution is 0.478. The Labute approximate surface area is 180 Å². The molecule has 0 saturated carbocycles. The van der Waals surface area contributed by atoms with Crippen LogP contribution in [0.5, 0.6) is 5.75 Å². The Kier molecular flexibility index (Phi) is 3.86. The fourth-order valence-corrected chi connectivity index (χ4v) is 4.52. The third-order valence-electron chi connectivity index (χ3n) is 6.00. The van der Waals surface area contributed by atoms with Gasteiger partial charge >= 0.3 is 0 Å². The molecule has 0 unspecified atom stereocenters. The Morgan fingerprint density at radius 1 is 0.594 bits per heavy atom. The van der Waals surface area contributed by atoms with E-state index in [9.17, 15) is 14.7 Å². The highest BCUT2D eigenvalue weighted by molar-refractivity contribution is 5.97. The molecule has 0 atom stereocenters. The number of hydrogen-bond acceptors (Lipinski definition) is 5. The highest BCUT2D eigenvalue weighted by Crippen LogP contribution is 2.32. The SMILES string of the molecule is O=c1c2c3ccccc3c(=O)c=2c2ccccc2/c1=N\Nc1c(O)ccc2ccccc12. The summed E-state index contributed by atoms with van der Waals surface area (Å²) in [6.07, 6.45) is 0. The van der Waals surface area contributed by atoms with Gasteiger partial charge in [-0.1, -0.05) is 78.9 Å². The maximum Gasteiger partial charge on any atom is 0.215 e. The van der Waals surface area contributed by atoms with Gasteiger partial charge in [-0.3, -0.25) is 15.0 Å². The molecule has 6 rings (SSSR count). The van der Waals surface area contributed by atoms with Crippen molar-refractivity contribution in [3.05, 3.63) is 121 Å². The summed E-state index contributed by atoms with van der Waals surface area (Å²) in [5.74, 6) is 0.0332. The first kappa shape index (κ1) is 18.3. The molecular formula is C27H16N2O3. The second-order valence-electron chi connectivity index (χ2n) is 7.75. The van der Waals surface area contributed by atoms with Crippen LogP contribution >= 0.6 is 0 Å². The molecule has 152 valence electrons. The molecule has 0 spiro atoms. The summed E-state index contributed by atoms with van der Waals surface area (Å²) in [7, 11) is 0. The van der Waals surface area contributed by atoms with Crippen LogP contribution in [0.4, 0.5) is 5.69 Å². The van der Waals surface area contributed by atoms with E-state index in [0.29, 0.717) is 37.7 Å². The molecule has 4 aromatic rings. The van der Waals surface area contributed by atoms with E-state index in [0.717, 1.165) is 10.8 Å². The predicted octanol–water partition coefficient (Wildman–Crippen LogP) is 4.10. The van der Waals surface area contributed by atoms with Crippen LogP contribution in [0, 0.1) is 10.4 Å². The molecule has 0 heterocycles. The van der Waals surface area contributed by atoms with Crippen LogP contribution in [0.15, 0.2) is 99.6 Å². The molecule has 0 fully saturated rings. The number of hydrogen-bond donors (Lipinski definition) is 2. The molecule has 0 amide bonds. The zero-order valence-electron chi connectivity index (χ0n) is 16.8. The zero-order valence-corrected chi connectivity index (χ0v) is 16.8. The number of nitrogens with one attached hydrogen (secondary N) is 1. The molecule has 2 N–H and O–H groups in total. The van der Waals surface area contributed by atoms with Gasteiger partial charge in [-0.15, -0.1) is 0 Å². The van der Waals surface area contributed by atoms with Gasteiger partial charge in [0.25, 0.3) is 0 Å². The van der Waals surface area contributed by atoms with Gasteiger partial charge in [-0.05, 0) is 22.2 Å². The van der Waals surface area contributed by atoms with E-state index >= 15 is 0 Å². The Balaban J connectivity index is 1.74. The largest absolute Gasteiger partial charge is 0.506 e. The lowest BCUT2D eigenvalue weighted by Gasteiger charge is -2.08. The third-order valence-corrected chi connectivity index (χ3v) is 6.00. The molecule has 5 nitrogen and oxygen atoms in total. The van der Waals surface area contributed by atoms with Crippen LogP contribution < -0.4 is 21.6 Å². The van der Waals surface area contributed by atoms with E-state index in [-0.39, 0.29) is 22.0 Å². The minimum absolute atomic E-state index is 0.0332. The standard InChI is InChI=1S/C27H16N2O3/c30-21-14-13-15-7-1-2-8-16(15)24(21)28-29-25-19-11-5-3-9-17(19)22-23(27(25)32)18-10-4-6-12-20(18)26(22)31/h1-14,28,30H/b29-25+. The summed E-state index contributed by atoms with van der Waals surface area (Å²) >= 11 is 0. The molecule has 0 aromatic heterocycles. The summed E-state index contributed by atoms with van der Waals surface area (Å²) in [6.45, 7) is 0. The number of anilines is 1. The van der Waals surface area contributed by atoms with Gasteiger partial charge in [-0.25, -0.2) is 0 Å². The average molecular weight is 416 g/mol. The Bertz CT molecular complexity index is 1920. The van der Waals surface area contributed by atoms with Crippen LogP contribution in [0.3, 0.4) is 0 Å². The molecule has 0 radical (unpaired) electrons. The minimum atomic E-state index is -0.316. The zero-order chi connectivity index (χ0) is 21.8. The molecule has 0 bridgehead atoms. The summed E-state index contributed by atoms with van der Waals surface area (Å²) < 4.78 is 0. The molecule has 0 aliphatic heterocycles. The van der Waals surface area contributed by atoms with Crippen molar-refractivity contribution in [1.82, 2.24) is 0 Å². The number of rotatable bonds is 2. The molecule has 5 heteroatoms. The van der Waals surface area contributed by atoms with Crippen molar-refractivity contribution >= 4 is 38.0 Å². The first-order valence-electron chi connectivity index (χ1n) is 10.2. The molecular weight excluding hydrogens is 400 g/mol. The van der Waals surface area contributed by atoms with Crippen LogP contribution in [-0.2, 0) is 0 Å². The number of nitrogens with zero attached hydrogens (tertiary/aromatic N) is 1. The van der Waals surface area contributed by atoms with E-state index in [1.54, 1.807) is 30.3 Å². The first-order valence-corrected chi connectivity index (χ1v) is 10.2. The van der Waals surface area contributed by atoms with Crippen molar-refractivity contribution in [1.29, 1.82) is 0 Å². The van der Waals surface area contributed by atoms with Gasteiger partial charge in [-0.2, -0.15) is 5.10 Å². The van der Waals surface area contributed by atoms with Gasteiger partial charge in [0.1, 0.15) is 16.8 Å². The monoisotopic (exact) mass is 416 g/mol. The van der Waals surface area contributed by atoms with Crippen molar-refractivity contribution in [2.24, 2.45) is 5.10 Å². The van der Waals surface area contributed by atoms with E-state index < -0.39 is 0 Å². The first-order chi connectivity index (χ1) is 15.6. The maximum atomic E-state index is 13.6. The highest BCUT2D eigenvalue weighted by atomic mass is 16.3.